The quantitative estimate of drug-likeness (QED) is 0.906. The molecule has 0 saturated heterocycles. The van der Waals surface area contributed by atoms with E-state index in [1.807, 2.05) is 44.6 Å². The largest absolute Gasteiger partial charge is 0.386 e. The summed E-state index contributed by atoms with van der Waals surface area (Å²) >= 11 is 0. The van der Waals surface area contributed by atoms with Crippen LogP contribution in [0.3, 0.4) is 0 Å². The van der Waals surface area contributed by atoms with Crippen LogP contribution in [0.15, 0.2) is 36.7 Å². The summed E-state index contributed by atoms with van der Waals surface area (Å²) in [7, 11) is 4.09. The summed E-state index contributed by atoms with van der Waals surface area (Å²) in [6.45, 7) is 4.28. The van der Waals surface area contributed by atoms with E-state index < -0.39 is 6.10 Å². The van der Waals surface area contributed by atoms with Crippen LogP contribution in [0.25, 0.3) is 10.8 Å². The number of nitrogens with zero attached hydrogens (tertiary/aromatic N) is 2. The van der Waals surface area contributed by atoms with Crippen LogP contribution in [-0.2, 0) is 0 Å². The number of fused-ring (bicyclic) bond motifs is 1. The van der Waals surface area contributed by atoms with E-state index in [1.165, 1.54) is 0 Å². The molecule has 0 aliphatic heterocycles. The minimum absolute atomic E-state index is 0.239. The lowest BCUT2D eigenvalue weighted by atomic mass is 9.80. The third-order valence-corrected chi connectivity index (χ3v) is 4.63. The summed E-state index contributed by atoms with van der Waals surface area (Å²) in [6, 6.07) is 8.04. The maximum absolute atomic E-state index is 11.0. The molecule has 108 valence electrons. The molecular formula is C17H24N2O. The van der Waals surface area contributed by atoms with Gasteiger partial charge in [0.2, 0.25) is 0 Å². The second-order valence-electron chi connectivity index (χ2n) is 5.55. The first-order valence-electron chi connectivity index (χ1n) is 7.25. The number of rotatable bonds is 5. The molecule has 3 nitrogen and oxygen atoms in total. The van der Waals surface area contributed by atoms with Gasteiger partial charge in [-0.2, -0.15) is 0 Å². The average Bonchev–Trinajstić information content (AvgIpc) is 2.48. The van der Waals surface area contributed by atoms with Gasteiger partial charge in [0.1, 0.15) is 0 Å². The van der Waals surface area contributed by atoms with E-state index in [4.69, 9.17) is 0 Å². The molecule has 1 N–H and O–H groups in total. The minimum atomic E-state index is -0.515. The molecule has 1 aromatic carbocycles. The van der Waals surface area contributed by atoms with E-state index in [1.54, 1.807) is 6.20 Å². The summed E-state index contributed by atoms with van der Waals surface area (Å²) in [5, 5.41) is 13.2. The Bertz CT molecular complexity index is 571. The fourth-order valence-corrected chi connectivity index (χ4v) is 3.19. The molecule has 0 radical (unpaired) electrons. The molecule has 2 aromatic rings. The molecule has 0 saturated carbocycles. The van der Waals surface area contributed by atoms with Gasteiger partial charge in [-0.15, -0.1) is 0 Å². The van der Waals surface area contributed by atoms with Crippen molar-refractivity contribution in [2.24, 2.45) is 0 Å². The smallest absolute Gasteiger partial charge is 0.0979 e. The molecule has 0 aliphatic rings. The maximum Gasteiger partial charge on any atom is 0.0979 e. The number of benzene rings is 1. The molecule has 0 aliphatic carbocycles. The highest BCUT2D eigenvalue weighted by Crippen LogP contribution is 2.38. The van der Waals surface area contributed by atoms with Crippen molar-refractivity contribution in [2.45, 2.75) is 38.3 Å². The van der Waals surface area contributed by atoms with Crippen LogP contribution in [0.4, 0.5) is 0 Å². The van der Waals surface area contributed by atoms with E-state index in [0.717, 1.165) is 29.2 Å². The van der Waals surface area contributed by atoms with Crippen LogP contribution in [0, 0.1) is 0 Å². The lowest BCUT2D eigenvalue weighted by Gasteiger charge is -2.43. The van der Waals surface area contributed by atoms with Crippen LogP contribution >= 0.6 is 0 Å². The first-order chi connectivity index (χ1) is 9.56. The summed E-state index contributed by atoms with van der Waals surface area (Å²) in [5.74, 6) is 0. The highest BCUT2D eigenvalue weighted by molar-refractivity contribution is 5.85. The van der Waals surface area contributed by atoms with E-state index >= 15 is 0 Å². The van der Waals surface area contributed by atoms with Gasteiger partial charge >= 0.3 is 0 Å². The second kappa shape index (κ2) is 5.90. The van der Waals surface area contributed by atoms with Crippen molar-refractivity contribution in [1.29, 1.82) is 0 Å². The molecule has 2 rings (SSSR count). The van der Waals surface area contributed by atoms with Crippen molar-refractivity contribution in [3.8, 4) is 0 Å². The summed E-state index contributed by atoms with van der Waals surface area (Å²) in [5.41, 5.74) is 0.750. The molecule has 20 heavy (non-hydrogen) atoms. The maximum atomic E-state index is 11.0. The number of aromatic nitrogens is 1. The third-order valence-electron chi connectivity index (χ3n) is 4.63. The van der Waals surface area contributed by atoms with Crippen LogP contribution in [0.5, 0.6) is 0 Å². The van der Waals surface area contributed by atoms with Gasteiger partial charge < -0.3 is 10.0 Å². The Morgan fingerprint density at radius 1 is 1.20 bits per heavy atom. The topological polar surface area (TPSA) is 36.4 Å². The normalized spacial score (nSPS) is 13.9. The van der Waals surface area contributed by atoms with Crippen LogP contribution < -0.4 is 0 Å². The molecule has 1 aromatic heterocycles. The molecule has 0 bridgehead atoms. The van der Waals surface area contributed by atoms with Crippen molar-refractivity contribution in [3.05, 3.63) is 42.2 Å². The van der Waals surface area contributed by atoms with Crippen LogP contribution in [0.2, 0.25) is 0 Å². The summed E-state index contributed by atoms with van der Waals surface area (Å²) in [4.78, 5) is 6.31. The number of pyridine rings is 1. The van der Waals surface area contributed by atoms with E-state index in [-0.39, 0.29) is 5.54 Å². The van der Waals surface area contributed by atoms with Gasteiger partial charge in [-0.05, 0) is 44.0 Å². The SMILES string of the molecule is CCC(CC)(C(O)c1cccc2cnccc12)N(C)C. The molecule has 3 heteroatoms. The lowest BCUT2D eigenvalue weighted by molar-refractivity contribution is -0.0141. The zero-order chi connectivity index (χ0) is 14.8. The monoisotopic (exact) mass is 272 g/mol. The van der Waals surface area contributed by atoms with Crippen molar-refractivity contribution < 1.29 is 5.11 Å². The molecule has 0 spiro atoms. The first kappa shape index (κ1) is 14.9. The van der Waals surface area contributed by atoms with E-state index in [2.05, 4.69) is 23.7 Å². The highest BCUT2D eigenvalue weighted by atomic mass is 16.3. The Balaban J connectivity index is 2.57. The Morgan fingerprint density at radius 2 is 1.90 bits per heavy atom. The van der Waals surface area contributed by atoms with Crippen LogP contribution in [-0.4, -0.2) is 34.6 Å². The van der Waals surface area contributed by atoms with Gasteiger partial charge in [-0.25, -0.2) is 0 Å². The van der Waals surface area contributed by atoms with Gasteiger partial charge in [-0.1, -0.05) is 32.0 Å². The Morgan fingerprint density at radius 3 is 2.50 bits per heavy atom. The fraction of sp³-hybridized carbons (Fsp3) is 0.471. The minimum Gasteiger partial charge on any atom is -0.386 e. The summed E-state index contributed by atoms with van der Waals surface area (Å²) in [6.07, 6.45) is 4.92. The summed E-state index contributed by atoms with van der Waals surface area (Å²) < 4.78 is 0. The van der Waals surface area contributed by atoms with Crippen molar-refractivity contribution in [3.63, 3.8) is 0 Å². The molecule has 1 atom stereocenters. The predicted molar refractivity (Wildman–Crippen MR) is 83.7 cm³/mol. The van der Waals surface area contributed by atoms with E-state index in [9.17, 15) is 5.11 Å². The number of hydrogen-bond acceptors (Lipinski definition) is 3. The Hall–Kier alpha value is -1.45. The standard InChI is InChI=1S/C17H24N2O/c1-5-17(6-2,19(3)4)16(20)15-9-7-8-13-12-18-11-10-14(13)15/h7-12,16,20H,5-6H2,1-4H3. The molecule has 1 unspecified atom stereocenters. The first-order valence-corrected chi connectivity index (χ1v) is 7.25. The second-order valence-corrected chi connectivity index (χ2v) is 5.55. The number of hydrogen-bond donors (Lipinski definition) is 1. The zero-order valence-electron chi connectivity index (χ0n) is 12.8. The van der Waals surface area contributed by atoms with Crippen LogP contribution in [0.1, 0.15) is 38.4 Å². The molecule has 0 amide bonds. The lowest BCUT2D eigenvalue weighted by Crippen LogP contribution is -2.48. The molecule has 0 fully saturated rings. The van der Waals surface area contributed by atoms with Gasteiger partial charge in [0, 0.05) is 23.3 Å². The molecule has 1 heterocycles. The fourth-order valence-electron chi connectivity index (χ4n) is 3.19. The van der Waals surface area contributed by atoms with Gasteiger partial charge in [0.15, 0.2) is 0 Å². The number of likely N-dealkylation sites (N-methyl/N-ethyl adjacent to an activating group) is 1. The Labute approximate surface area is 121 Å². The average molecular weight is 272 g/mol. The van der Waals surface area contributed by atoms with Crippen molar-refractivity contribution in [2.75, 3.05) is 14.1 Å². The van der Waals surface area contributed by atoms with Crippen molar-refractivity contribution >= 4 is 10.8 Å². The molecular weight excluding hydrogens is 248 g/mol. The van der Waals surface area contributed by atoms with E-state index in [0.29, 0.717) is 0 Å². The van der Waals surface area contributed by atoms with Gasteiger partial charge in [0.25, 0.3) is 0 Å². The zero-order valence-corrected chi connectivity index (χ0v) is 12.8. The highest BCUT2D eigenvalue weighted by Gasteiger charge is 2.38. The number of aliphatic hydroxyl groups is 1. The van der Waals surface area contributed by atoms with Crippen molar-refractivity contribution in [1.82, 2.24) is 9.88 Å². The third kappa shape index (κ3) is 2.32. The van der Waals surface area contributed by atoms with Gasteiger partial charge in [-0.3, -0.25) is 4.98 Å². The predicted octanol–water partition coefficient (Wildman–Crippen LogP) is 3.39. The Kier molecular flexibility index (Phi) is 4.41. The number of aliphatic hydroxyl groups excluding tert-OH is 1. The van der Waals surface area contributed by atoms with Gasteiger partial charge in [0.05, 0.1) is 6.10 Å².